The highest BCUT2D eigenvalue weighted by atomic mass is 32.1. The third-order valence-corrected chi connectivity index (χ3v) is 6.02. The second-order valence-corrected chi connectivity index (χ2v) is 7.98. The Labute approximate surface area is 185 Å². The first kappa shape index (κ1) is 19.4. The van der Waals surface area contributed by atoms with Gasteiger partial charge in [-0.3, -0.25) is 14.6 Å². The van der Waals surface area contributed by atoms with Crippen LogP contribution in [-0.2, 0) is 6.54 Å². The highest BCUT2D eigenvalue weighted by Gasteiger charge is 2.41. The molecule has 4 aromatic heterocycles. The fourth-order valence-electron chi connectivity index (χ4n) is 4.33. The fourth-order valence-corrected chi connectivity index (χ4v) is 4.64. The van der Waals surface area contributed by atoms with E-state index >= 15 is 0 Å². The third-order valence-electron chi connectivity index (χ3n) is 5.66. The van der Waals surface area contributed by atoms with E-state index in [-0.39, 0.29) is 12.1 Å². The molecule has 31 heavy (non-hydrogen) atoms. The maximum absolute atomic E-state index is 5.79. The van der Waals surface area contributed by atoms with Crippen molar-refractivity contribution in [3.8, 4) is 0 Å². The van der Waals surface area contributed by atoms with Gasteiger partial charge in [-0.25, -0.2) is 4.68 Å². The van der Waals surface area contributed by atoms with E-state index in [9.17, 15) is 0 Å². The van der Waals surface area contributed by atoms with Gasteiger partial charge in [0.1, 0.15) is 12.7 Å². The molecule has 5 rings (SSSR count). The summed E-state index contributed by atoms with van der Waals surface area (Å²) >= 11 is 5.79. The smallest absolute Gasteiger partial charge is 0.170 e. The predicted octanol–water partition coefficient (Wildman–Crippen LogP) is 2.97. The van der Waals surface area contributed by atoms with Crippen LogP contribution in [0.3, 0.4) is 0 Å². The Morgan fingerprint density at radius 3 is 2.61 bits per heavy atom. The summed E-state index contributed by atoms with van der Waals surface area (Å²) in [5.41, 5.74) is 5.43. The maximum atomic E-state index is 5.79. The molecule has 9 heteroatoms. The second-order valence-electron chi connectivity index (χ2n) is 7.60. The average Bonchev–Trinajstić information content (AvgIpc) is 3.49. The molecule has 0 radical (unpaired) electrons. The number of nitrogens with one attached hydrogen (secondary N) is 1. The van der Waals surface area contributed by atoms with E-state index in [1.165, 1.54) is 5.56 Å². The van der Waals surface area contributed by atoms with E-state index in [4.69, 9.17) is 12.2 Å². The lowest BCUT2D eigenvalue weighted by atomic mass is 9.96. The van der Waals surface area contributed by atoms with Crippen LogP contribution in [0.25, 0.3) is 0 Å². The molecule has 1 aliphatic rings. The van der Waals surface area contributed by atoms with Gasteiger partial charge in [0.25, 0.3) is 0 Å². The molecular weight excluding hydrogens is 408 g/mol. The number of hydrogen-bond donors (Lipinski definition) is 1. The van der Waals surface area contributed by atoms with Crippen molar-refractivity contribution in [1.82, 2.24) is 39.7 Å². The van der Waals surface area contributed by atoms with Crippen molar-refractivity contribution in [2.24, 2.45) is 0 Å². The van der Waals surface area contributed by atoms with Crippen LogP contribution in [0, 0.1) is 13.8 Å². The predicted molar refractivity (Wildman–Crippen MR) is 120 cm³/mol. The third kappa shape index (κ3) is 3.46. The summed E-state index contributed by atoms with van der Waals surface area (Å²) in [5.74, 6) is 0. The Kier molecular flexibility index (Phi) is 4.95. The quantitative estimate of drug-likeness (QED) is 0.488. The van der Waals surface area contributed by atoms with Crippen molar-refractivity contribution in [3.63, 3.8) is 0 Å². The lowest BCUT2D eigenvalue weighted by Crippen LogP contribution is -2.29. The van der Waals surface area contributed by atoms with E-state index < -0.39 is 0 Å². The lowest BCUT2D eigenvalue weighted by molar-refractivity contribution is 0.309. The van der Waals surface area contributed by atoms with Gasteiger partial charge in [0.05, 0.1) is 17.8 Å². The largest absolute Gasteiger partial charge is 0.352 e. The molecule has 0 aliphatic carbocycles. The molecule has 0 saturated carbocycles. The summed E-state index contributed by atoms with van der Waals surface area (Å²) in [6.45, 7) is 4.85. The maximum Gasteiger partial charge on any atom is 0.170 e. The molecule has 1 fully saturated rings. The van der Waals surface area contributed by atoms with Gasteiger partial charge < -0.3 is 10.2 Å². The summed E-state index contributed by atoms with van der Waals surface area (Å²) in [4.78, 5) is 11.1. The molecule has 0 aromatic carbocycles. The van der Waals surface area contributed by atoms with Crippen LogP contribution in [0.5, 0.6) is 0 Å². The van der Waals surface area contributed by atoms with Crippen LogP contribution in [0.15, 0.2) is 67.6 Å². The molecule has 1 N–H and O–H groups in total. The molecule has 1 aliphatic heterocycles. The Morgan fingerprint density at radius 1 is 1.06 bits per heavy atom. The molecule has 5 heterocycles. The number of aryl methyl sites for hydroxylation is 1. The monoisotopic (exact) mass is 430 g/mol. The number of hydrogen-bond acceptors (Lipinski definition) is 5. The number of pyridine rings is 2. The second kappa shape index (κ2) is 7.92. The molecule has 156 valence electrons. The summed E-state index contributed by atoms with van der Waals surface area (Å²) in [6.07, 6.45) is 8.89. The summed E-state index contributed by atoms with van der Waals surface area (Å²) in [7, 11) is 0. The van der Waals surface area contributed by atoms with Gasteiger partial charge in [-0.05, 0) is 55.9 Å². The number of rotatable bonds is 5. The van der Waals surface area contributed by atoms with Crippen molar-refractivity contribution in [3.05, 3.63) is 95.9 Å². The average molecular weight is 431 g/mol. The topological polar surface area (TPSA) is 76.7 Å². The highest BCUT2D eigenvalue weighted by Crippen LogP contribution is 2.41. The molecule has 0 amide bonds. The molecule has 0 spiro atoms. The van der Waals surface area contributed by atoms with Crippen LogP contribution in [0.2, 0.25) is 0 Å². The summed E-state index contributed by atoms with van der Waals surface area (Å²) in [5, 5.41) is 12.1. The van der Waals surface area contributed by atoms with E-state index in [1.807, 2.05) is 41.3 Å². The van der Waals surface area contributed by atoms with Crippen LogP contribution in [-0.4, -0.2) is 39.5 Å². The first-order valence-corrected chi connectivity index (χ1v) is 10.5. The zero-order valence-corrected chi connectivity index (χ0v) is 18.1. The first-order valence-electron chi connectivity index (χ1n) is 10.0. The van der Waals surface area contributed by atoms with Gasteiger partial charge in [0, 0.05) is 42.1 Å². The molecule has 0 bridgehead atoms. The van der Waals surface area contributed by atoms with E-state index in [0.717, 1.165) is 22.6 Å². The number of thiocarbonyl (C=S) groups is 1. The van der Waals surface area contributed by atoms with Gasteiger partial charge in [-0.15, -0.1) is 10.2 Å². The Bertz CT molecular complexity index is 1190. The normalized spacial score (nSPS) is 18.4. The molecule has 2 atom stereocenters. The van der Waals surface area contributed by atoms with Crippen LogP contribution < -0.4 is 5.32 Å². The van der Waals surface area contributed by atoms with Crippen molar-refractivity contribution in [1.29, 1.82) is 0 Å². The van der Waals surface area contributed by atoms with Crippen LogP contribution in [0.1, 0.15) is 40.3 Å². The van der Waals surface area contributed by atoms with E-state index in [1.54, 1.807) is 18.9 Å². The summed E-state index contributed by atoms with van der Waals surface area (Å²) < 4.78 is 3.99. The molecule has 0 unspecified atom stereocenters. The standard InChI is InChI=1S/C22H22N8S/c1-15-10-18(16(2)30(15)28-13-25-26-14-28)21-20(19-7-3-4-9-24-19)27-22(31)29(21)12-17-6-5-8-23-11-17/h3-11,13-14,20-21H,12H2,1-2H3,(H,27,31)/t20-,21+/m1/s1. The van der Waals surface area contributed by atoms with Gasteiger partial charge >= 0.3 is 0 Å². The molecule has 4 aromatic rings. The van der Waals surface area contributed by atoms with Crippen molar-refractivity contribution in [2.75, 3.05) is 0 Å². The minimum Gasteiger partial charge on any atom is -0.352 e. The fraction of sp³-hybridized carbons (Fsp3) is 0.227. The Hall–Kier alpha value is -3.59. The van der Waals surface area contributed by atoms with Crippen molar-refractivity contribution < 1.29 is 0 Å². The van der Waals surface area contributed by atoms with Crippen molar-refractivity contribution in [2.45, 2.75) is 32.5 Å². The van der Waals surface area contributed by atoms with Gasteiger partial charge in [0.15, 0.2) is 5.11 Å². The summed E-state index contributed by atoms with van der Waals surface area (Å²) in [6, 6.07) is 12.1. The molecule has 8 nitrogen and oxygen atoms in total. The first-order chi connectivity index (χ1) is 15.1. The van der Waals surface area contributed by atoms with E-state index in [0.29, 0.717) is 11.7 Å². The van der Waals surface area contributed by atoms with Gasteiger partial charge in [-0.2, -0.15) is 0 Å². The van der Waals surface area contributed by atoms with Crippen molar-refractivity contribution >= 4 is 17.3 Å². The number of nitrogens with zero attached hydrogens (tertiary/aromatic N) is 7. The Balaban J connectivity index is 1.62. The minimum absolute atomic E-state index is 0.0287. The lowest BCUT2D eigenvalue weighted by Gasteiger charge is -2.28. The molecular formula is C22H22N8S. The van der Waals surface area contributed by atoms with Crippen LogP contribution >= 0.6 is 12.2 Å². The Morgan fingerprint density at radius 2 is 1.90 bits per heavy atom. The SMILES string of the molecule is Cc1cc([C@H]2[C@@H](c3ccccn3)NC(=S)N2Cc2cccnc2)c(C)n1-n1cnnc1. The van der Waals surface area contributed by atoms with Crippen LogP contribution in [0.4, 0.5) is 0 Å². The molecule has 1 saturated heterocycles. The van der Waals surface area contributed by atoms with E-state index in [2.05, 4.69) is 61.0 Å². The zero-order chi connectivity index (χ0) is 21.4. The van der Waals surface area contributed by atoms with Gasteiger partial charge in [-0.1, -0.05) is 12.1 Å². The van der Waals surface area contributed by atoms with Gasteiger partial charge in [0.2, 0.25) is 0 Å². The number of aromatic nitrogens is 6. The zero-order valence-electron chi connectivity index (χ0n) is 17.3. The minimum atomic E-state index is -0.0692. The highest BCUT2D eigenvalue weighted by molar-refractivity contribution is 7.80.